The molecule has 7 heteroatoms. The number of hydrogen-bond acceptors (Lipinski definition) is 6. The molecule has 31 heavy (non-hydrogen) atoms. The quantitative estimate of drug-likeness (QED) is 0.484. The molecule has 2 aromatic carbocycles. The van der Waals surface area contributed by atoms with Crippen molar-refractivity contribution in [1.82, 2.24) is 10.3 Å². The van der Waals surface area contributed by atoms with Crippen LogP contribution in [-0.4, -0.2) is 48.6 Å². The molecule has 0 spiro atoms. The first-order chi connectivity index (χ1) is 15.1. The summed E-state index contributed by atoms with van der Waals surface area (Å²) in [5, 5.41) is 3.75. The van der Waals surface area contributed by atoms with Crippen LogP contribution in [-0.2, 0) is 16.0 Å². The third-order valence-corrected chi connectivity index (χ3v) is 5.47. The zero-order valence-electron chi connectivity index (χ0n) is 17.7. The van der Waals surface area contributed by atoms with Crippen molar-refractivity contribution in [2.24, 2.45) is 0 Å². The highest BCUT2D eigenvalue weighted by Crippen LogP contribution is 2.13. The summed E-state index contributed by atoms with van der Waals surface area (Å²) in [7, 11) is 1.62. The number of benzene rings is 2. The monoisotopic (exact) mass is 438 g/mol. The van der Waals surface area contributed by atoms with E-state index in [1.54, 1.807) is 24.9 Å². The summed E-state index contributed by atoms with van der Waals surface area (Å²) in [4.78, 5) is 29.8. The molecule has 1 N–H and O–H groups in total. The predicted molar refractivity (Wildman–Crippen MR) is 124 cm³/mol. The van der Waals surface area contributed by atoms with Crippen molar-refractivity contribution in [3.8, 4) is 5.75 Å². The van der Waals surface area contributed by atoms with Crippen LogP contribution in [0.2, 0.25) is 0 Å². The SMILES string of the molecule is COc1ccc(CCOC(=O)C(CCSC)NC(=O)c2ccc3ccccc3n2)cc1. The maximum atomic E-state index is 12.7. The first-order valence-corrected chi connectivity index (χ1v) is 11.4. The van der Waals surface area contributed by atoms with Crippen LogP contribution in [0.3, 0.4) is 0 Å². The number of methoxy groups -OCH3 is 1. The van der Waals surface area contributed by atoms with Gasteiger partial charge in [-0.3, -0.25) is 4.79 Å². The lowest BCUT2D eigenvalue weighted by Gasteiger charge is -2.17. The number of aromatic nitrogens is 1. The molecule has 0 saturated heterocycles. The molecule has 0 aliphatic heterocycles. The van der Waals surface area contributed by atoms with E-state index in [-0.39, 0.29) is 18.2 Å². The number of rotatable bonds is 10. The molecule has 1 aromatic heterocycles. The number of nitrogens with zero attached hydrogens (tertiary/aromatic N) is 1. The molecule has 0 aliphatic rings. The minimum Gasteiger partial charge on any atom is -0.497 e. The lowest BCUT2D eigenvalue weighted by atomic mass is 10.1. The van der Waals surface area contributed by atoms with Crippen LogP contribution in [0, 0.1) is 0 Å². The largest absolute Gasteiger partial charge is 0.497 e. The molecule has 1 amide bonds. The van der Waals surface area contributed by atoms with Crippen LogP contribution in [0.5, 0.6) is 5.75 Å². The third kappa shape index (κ3) is 6.46. The highest BCUT2D eigenvalue weighted by molar-refractivity contribution is 7.98. The molecular weight excluding hydrogens is 412 g/mol. The number of ether oxygens (including phenoxy) is 2. The molecule has 0 fully saturated rings. The second-order valence-electron chi connectivity index (χ2n) is 6.96. The summed E-state index contributed by atoms with van der Waals surface area (Å²) in [6, 6.07) is 18.0. The number of para-hydroxylation sites is 1. The fourth-order valence-corrected chi connectivity index (χ4v) is 3.54. The van der Waals surface area contributed by atoms with E-state index in [4.69, 9.17) is 9.47 Å². The summed E-state index contributed by atoms with van der Waals surface area (Å²) in [6.45, 7) is 0.241. The molecule has 0 saturated carbocycles. The third-order valence-electron chi connectivity index (χ3n) is 4.83. The Morgan fingerprint density at radius 1 is 1.06 bits per heavy atom. The van der Waals surface area contributed by atoms with Gasteiger partial charge in [0.2, 0.25) is 0 Å². The number of amides is 1. The Balaban J connectivity index is 1.59. The molecule has 6 nitrogen and oxygen atoms in total. The van der Waals surface area contributed by atoms with E-state index < -0.39 is 12.0 Å². The summed E-state index contributed by atoms with van der Waals surface area (Å²) < 4.78 is 10.6. The van der Waals surface area contributed by atoms with Crippen molar-refractivity contribution in [3.63, 3.8) is 0 Å². The molecule has 0 radical (unpaired) electrons. The van der Waals surface area contributed by atoms with Gasteiger partial charge in [-0.25, -0.2) is 9.78 Å². The van der Waals surface area contributed by atoms with Crippen LogP contribution in [0.1, 0.15) is 22.5 Å². The minimum atomic E-state index is -0.718. The Morgan fingerprint density at radius 3 is 2.58 bits per heavy atom. The zero-order chi connectivity index (χ0) is 22.1. The van der Waals surface area contributed by atoms with Gasteiger partial charge >= 0.3 is 5.97 Å². The van der Waals surface area contributed by atoms with E-state index in [1.165, 1.54) is 0 Å². The molecular formula is C24H26N2O4S. The van der Waals surface area contributed by atoms with E-state index in [9.17, 15) is 9.59 Å². The average molecular weight is 439 g/mol. The second kappa shape index (κ2) is 11.4. The molecule has 3 rings (SSSR count). The highest BCUT2D eigenvalue weighted by Gasteiger charge is 2.23. The number of nitrogens with one attached hydrogen (secondary N) is 1. The number of thioether (sulfide) groups is 1. The van der Waals surface area contributed by atoms with Crippen LogP contribution in [0.25, 0.3) is 10.9 Å². The number of esters is 1. The minimum absolute atomic E-state index is 0.241. The molecule has 0 bridgehead atoms. The Hall–Kier alpha value is -3.06. The van der Waals surface area contributed by atoms with Crippen LogP contribution >= 0.6 is 11.8 Å². The van der Waals surface area contributed by atoms with Crippen molar-refractivity contribution in [1.29, 1.82) is 0 Å². The molecule has 1 heterocycles. The molecule has 0 aliphatic carbocycles. The summed E-state index contributed by atoms with van der Waals surface area (Å²) in [5.74, 6) is 0.687. The van der Waals surface area contributed by atoms with E-state index in [0.29, 0.717) is 12.8 Å². The van der Waals surface area contributed by atoms with E-state index in [1.807, 2.05) is 60.9 Å². The summed E-state index contributed by atoms with van der Waals surface area (Å²) in [5.41, 5.74) is 2.05. The van der Waals surface area contributed by atoms with E-state index in [2.05, 4.69) is 10.3 Å². The number of pyridine rings is 1. The second-order valence-corrected chi connectivity index (χ2v) is 7.95. The number of carbonyl (C=O) groups is 2. The van der Waals surface area contributed by atoms with E-state index in [0.717, 1.165) is 28.0 Å². The first-order valence-electron chi connectivity index (χ1n) is 10.1. The van der Waals surface area contributed by atoms with Gasteiger partial charge in [-0.15, -0.1) is 0 Å². The maximum Gasteiger partial charge on any atom is 0.328 e. The normalized spacial score (nSPS) is 11.7. The van der Waals surface area contributed by atoms with Gasteiger partial charge in [0.1, 0.15) is 17.5 Å². The molecule has 1 atom stereocenters. The van der Waals surface area contributed by atoms with Crippen molar-refractivity contribution in [3.05, 3.63) is 71.9 Å². The average Bonchev–Trinajstić information content (AvgIpc) is 2.81. The van der Waals surface area contributed by atoms with Gasteiger partial charge in [0.15, 0.2) is 0 Å². The molecule has 162 valence electrons. The van der Waals surface area contributed by atoms with E-state index >= 15 is 0 Å². The van der Waals surface area contributed by atoms with Gasteiger partial charge in [-0.1, -0.05) is 36.4 Å². The standard InChI is InChI=1S/C24H26N2O4S/c1-29-19-10-7-17(8-11-19)13-15-30-24(28)22(14-16-31-2)26-23(27)21-12-9-18-5-3-4-6-20(18)25-21/h3-12,22H,13-16H2,1-2H3,(H,26,27). The number of fused-ring (bicyclic) bond motifs is 1. The van der Waals surface area contributed by atoms with Gasteiger partial charge in [0.25, 0.3) is 5.91 Å². The zero-order valence-corrected chi connectivity index (χ0v) is 18.5. The van der Waals surface area contributed by atoms with Crippen molar-refractivity contribution in [2.75, 3.05) is 25.7 Å². The van der Waals surface area contributed by atoms with Gasteiger partial charge in [-0.05, 0) is 48.3 Å². The summed E-state index contributed by atoms with van der Waals surface area (Å²) in [6.07, 6.45) is 3.03. The van der Waals surface area contributed by atoms with Gasteiger partial charge in [-0.2, -0.15) is 11.8 Å². The van der Waals surface area contributed by atoms with Gasteiger partial charge in [0, 0.05) is 11.8 Å². The number of hydrogen-bond donors (Lipinski definition) is 1. The maximum absolute atomic E-state index is 12.7. The van der Waals surface area contributed by atoms with Gasteiger partial charge in [0.05, 0.1) is 19.2 Å². The summed E-state index contributed by atoms with van der Waals surface area (Å²) >= 11 is 1.61. The topological polar surface area (TPSA) is 77.5 Å². The van der Waals surface area contributed by atoms with Crippen LogP contribution in [0.15, 0.2) is 60.7 Å². The van der Waals surface area contributed by atoms with Crippen LogP contribution in [0.4, 0.5) is 0 Å². The Bertz CT molecular complexity index is 1020. The fourth-order valence-electron chi connectivity index (χ4n) is 3.07. The number of carbonyl (C=O) groups excluding carboxylic acids is 2. The van der Waals surface area contributed by atoms with Crippen molar-refractivity contribution >= 4 is 34.5 Å². The Morgan fingerprint density at radius 2 is 1.84 bits per heavy atom. The van der Waals surface area contributed by atoms with Crippen molar-refractivity contribution in [2.45, 2.75) is 18.9 Å². The Kier molecular flexibility index (Phi) is 8.29. The molecule has 3 aromatic rings. The fraction of sp³-hybridized carbons (Fsp3) is 0.292. The first kappa shape index (κ1) is 22.6. The smallest absolute Gasteiger partial charge is 0.328 e. The molecule has 1 unspecified atom stereocenters. The lowest BCUT2D eigenvalue weighted by Crippen LogP contribution is -2.42. The van der Waals surface area contributed by atoms with Gasteiger partial charge < -0.3 is 14.8 Å². The Labute approximate surface area is 186 Å². The highest BCUT2D eigenvalue weighted by atomic mass is 32.2. The van der Waals surface area contributed by atoms with Crippen molar-refractivity contribution < 1.29 is 19.1 Å². The predicted octanol–water partition coefficient (Wildman–Crippen LogP) is 3.88. The van der Waals surface area contributed by atoms with Crippen LogP contribution < -0.4 is 10.1 Å². The lowest BCUT2D eigenvalue weighted by molar-refractivity contribution is -0.145.